The Labute approximate surface area is 112 Å². The van der Waals surface area contributed by atoms with Crippen molar-refractivity contribution in [3.8, 4) is 0 Å². The van der Waals surface area contributed by atoms with Gasteiger partial charge in [0.2, 0.25) is 0 Å². The van der Waals surface area contributed by atoms with Crippen LogP contribution in [0.25, 0.3) is 0 Å². The third-order valence-electron chi connectivity index (χ3n) is 2.29. The molecule has 0 radical (unpaired) electrons. The van der Waals surface area contributed by atoms with E-state index in [4.69, 9.17) is 0 Å². The van der Waals surface area contributed by atoms with Crippen molar-refractivity contribution in [1.29, 1.82) is 0 Å². The second-order valence-corrected chi connectivity index (χ2v) is 5.37. The van der Waals surface area contributed by atoms with E-state index in [1.54, 1.807) is 23.5 Å². The summed E-state index contributed by atoms with van der Waals surface area (Å²) in [6.45, 7) is 2.75. The molecule has 0 bridgehead atoms. The molecule has 0 aliphatic rings. The van der Waals surface area contributed by atoms with Crippen molar-refractivity contribution in [1.82, 2.24) is 4.98 Å². The summed E-state index contributed by atoms with van der Waals surface area (Å²) in [6, 6.07) is 4.88. The smallest absolute Gasteiger partial charge is 0.137 e. The van der Waals surface area contributed by atoms with Gasteiger partial charge in [0, 0.05) is 11.1 Å². The molecule has 0 aliphatic carbocycles. The van der Waals surface area contributed by atoms with Crippen molar-refractivity contribution in [2.45, 2.75) is 19.9 Å². The van der Waals surface area contributed by atoms with Gasteiger partial charge in [0.1, 0.15) is 5.82 Å². The fraction of sp³-hybridized carbons (Fsp3) is 0.250. The summed E-state index contributed by atoms with van der Waals surface area (Å²) in [7, 11) is 0. The highest BCUT2D eigenvalue weighted by Gasteiger charge is 2.02. The van der Waals surface area contributed by atoms with E-state index >= 15 is 0 Å². The number of hydrogen-bond donors (Lipinski definition) is 1. The number of anilines is 1. The molecule has 0 spiro atoms. The molecule has 0 unspecified atom stereocenters. The number of nitrogens with zero attached hydrogens (tertiary/aromatic N) is 1. The van der Waals surface area contributed by atoms with Gasteiger partial charge in [0.05, 0.1) is 21.7 Å². The van der Waals surface area contributed by atoms with Gasteiger partial charge in [-0.15, -0.1) is 11.3 Å². The van der Waals surface area contributed by atoms with Crippen LogP contribution in [0.2, 0.25) is 0 Å². The Morgan fingerprint density at radius 2 is 2.29 bits per heavy atom. The van der Waals surface area contributed by atoms with Crippen molar-refractivity contribution in [2.24, 2.45) is 0 Å². The lowest BCUT2D eigenvalue weighted by Gasteiger charge is -2.05. The Morgan fingerprint density at radius 3 is 2.94 bits per heavy atom. The van der Waals surface area contributed by atoms with Crippen LogP contribution >= 0.6 is 27.3 Å². The summed E-state index contributed by atoms with van der Waals surface area (Å²) in [6.07, 6.45) is 0.965. The predicted molar refractivity (Wildman–Crippen MR) is 72.9 cm³/mol. The van der Waals surface area contributed by atoms with Crippen molar-refractivity contribution < 1.29 is 4.39 Å². The molecule has 5 heteroatoms. The van der Waals surface area contributed by atoms with Crippen molar-refractivity contribution in [3.05, 3.63) is 44.6 Å². The van der Waals surface area contributed by atoms with Gasteiger partial charge in [-0.1, -0.05) is 6.92 Å². The van der Waals surface area contributed by atoms with Crippen LogP contribution in [0.5, 0.6) is 0 Å². The van der Waals surface area contributed by atoms with E-state index in [1.807, 2.05) is 5.38 Å². The molecule has 0 atom stereocenters. The maximum Gasteiger partial charge on any atom is 0.137 e. The number of aromatic nitrogens is 1. The van der Waals surface area contributed by atoms with E-state index in [9.17, 15) is 4.39 Å². The Morgan fingerprint density at radius 1 is 1.47 bits per heavy atom. The molecule has 2 nitrogen and oxygen atoms in total. The molecule has 17 heavy (non-hydrogen) atoms. The van der Waals surface area contributed by atoms with E-state index in [0.717, 1.165) is 22.8 Å². The van der Waals surface area contributed by atoms with Gasteiger partial charge in [-0.2, -0.15) is 0 Å². The van der Waals surface area contributed by atoms with Crippen LogP contribution in [0, 0.1) is 5.82 Å². The first kappa shape index (κ1) is 12.5. The molecule has 0 aliphatic heterocycles. The highest BCUT2D eigenvalue weighted by molar-refractivity contribution is 9.10. The second kappa shape index (κ2) is 5.60. The zero-order valence-electron chi connectivity index (χ0n) is 9.34. The average molecular weight is 315 g/mol. The highest BCUT2D eigenvalue weighted by Crippen LogP contribution is 2.20. The van der Waals surface area contributed by atoms with Crippen LogP contribution in [0.3, 0.4) is 0 Å². The normalized spacial score (nSPS) is 10.5. The van der Waals surface area contributed by atoms with Crippen LogP contribution < -0.4 is 5.32 Å². The fourth-order valence-electron chi connectivity index (χ4n) is 1.39. The molecule has 0 saturated heterocycles. The van der Waals surface area contributed by atoms with Gasteiger partial charge < -0.3 is 5.32 Å². The third kappa shape index (κ3) is 3.26. The predicted octanol–water partition coefficient (Wildman–Crippen LogP) is 4.22. The summed E-state index contributed by atoms with van der Waals surface area (Å²) in [4.78, 5) is 4.45. The molecule has 2 aromatic rings. The van der Waals surface area contributed by atoms with Crippen LogP contribution in [-0.2, 0) is 13.0 Å². The van der Waals surface area contributed by atoms with Crippen molar-refractivity contribution in [2.75, 3.05) is 5.32 Å². The van der Waals surface area contributed by atoms with Gasteiger partial charge in [0.25, 0.3) is 0 Å². The van der Waals surface area contributed by atoms with Crippen LogP contribution in [-0.4, -0.2) is 4.98 Å². The van der Waals surface area contributed by atoms with Crippen LogP contribution in [0.1, 0.15) is 17.6 Å². The first-order valence-corrected chi connectivity index (χ1v) is 6.98. The molecule has 90 valence electrons. The molecule has 1 heterocycles. The maximum absolute atomic E-state index is 13.0. The molecule has 1 N–H and O–H groups in total. The third-order valence-corrected chi connectivity index (χ3v) is 3.94. The Hall–Kier alpha value is -0.940. The maximum atomic E-state index is 13.0. The topological polar surface area (TPSA) is 24.9 Å². The van der Waals surface area contributed by atoms with E-state index in [1.165, 1.54) is 6.07 Å². The van der Waals surface area contributed by atoms with Crippen LogP contribution in [0.15, 0.2) is 28.1 Å². The number of halogens is 2. The lowest BCUT2D eigenvalue weighted by Crippen LogP contribution is -2.00. The zero-order chi connectivity index (χ0) is 12.3. The SMILES string of the molecule is CCc1nc(CNc2ccc(F)c(Br)c2)cs1. The lowest BCUT2D eigenvalue weighted by molar-refractivity contribution is 0.621. The Balaban J connectivity index is 1.99. The summed E-state index contributed by atoms with van der Waals surface area (Å²) in [5.41, 5.74) is 1.90. The van der Waals surface area contributed by atoms with E-state index < -0.39 is 0 Å². The minimum atomic E-state index is -0.252. The fourth-order valence-corrected chi connectivity index (χ4v) is 2.51. The molecule has 0 fully saturated rings. The van der Waals surface area contributed by atoms with Crippen molar-refractivity contribution in [3.63, 3.8) is 0 Å². The number of hydrogen-bond acceptors (Lipinski definition) is 3. The number of thiazole rings is 1. The number of nitrogens with one attached hydrogen (secondary N) is 1. The summed E-state index contributed by atoms with van der Waals surface area (Å²) < 4.78 is 13.5. The summed E-state index contributed by atoms with van der Waals surface area (Å²) >= 11 is 4.83. The van der Waals surface area contributed by atoms with E-state index in [2.05, 4.69) is 33.2 Å². The van der Waals surface area contributed by atoms with Gasteiger partial charge in [-0.3, -0.25) is 0 Å². The first-order chi connectivity index (χ1) is 8.19. The van der Waals surface area contributed by atoms with Gasteiger partial charge in [-0.05, 0) is 40.5 Å². The average Bonchev–Trinajstić information content (AvgIpc) is 2.79. The molecule has 2 rings (SSSR count). The zero-order valence-corrected chi connectivity index (χ0v) is 11.7. The highest BCUT2D eigenvalue weighted by atomic mass is 79.9. The lowest BCUT2D eigenvalue weighted by atomic mass is 10.3. The van der Waals surface area contributed by atoms with Crippen molar-refractivity contribution >= 4 is 33.0 Å². The minimum absolute atomic E-state index is 0.252. The standard InChI is InChI=1S/C12H12BrFN2S/c1-2-12-16-9(7-17-12)6-15-8-3-4-11(14)10(13)5-8/h3-5,7,15H,2,6H2,1H3. The molecule has 1 aromatic heterocycles. The molecular weight excluding hydrogens is 303 g/mol. The molecule has 1 aromatic carbocycles. The van der Waals surface area contributed by atoms with Gasteiger partial charge >= 0.3 is 0 Å². The quantitative estimate of drug-likeness (QED) is 0.914. The second-order valence-electron chi connectivity index (χ2n) is 3.57. The molecule has 0 amide bonds. The number of rotatable bonds is 4. The number of aryl methyl sites for hydroxylation is 1. The summed E-state index contributed by atoms with van der Waals surface area (Å²) in [5, 5.41) is 6.40. The Bertz CT molecular complexity index is 513. The first-order valence-electron chi connectivity index (χ1n) is 5.31. The minimum Gasteiger partial charge on any atom is -0.379 e. The van der Waals surface area contributed by atoms with Gasteiger partial charge in [-0.25, -0.2) is 9.37 Å². The largest absolute Gasteiger partial charge is 0.379 e. The van der Waals surface area contributed by atoms with Crippen LogP contribution in [0.4, 0.5) is 10.1 Å². The van der Waals surface area contributed by atoms with E-state index in [-0.39, 0.29) is 5.82 Å². The Kier molecular flexibility index (Phi) is 4.12. The van der Waals surface area contributed by atoms with E-state index in [0.29, 0.717) is 11.0 Å². The summed E-state index contributed by atoms with van der Waals surface area (Å²) in [5.74, 6) is -0.252. The van der Waals surface area contributed by atoms with Gasteiger partial charge in [0.15, 0.2) is 0 Å². The molecular formula is C12H12BrFN2S. The number of benzene rings is 1. The molecule has 0 saturated carbocycles. The monoisotopic (exact) mass is 314 g/mol.